The van der Waals surface area contributed by atoms with Crippen molar-refractivity contribution in [2.75, 3.05) is 19.6 Å². The van der Waals surface area contributed by atoms with Crippen LogP contribution in [0.25, 0.3) is 0 Å². The minimum absolute atomic E-state index is 0.0799. The molecule has 1 amide bonds. The van der Waals surface area contributed by atoms with E-state index in [1.807, 2.05) is 11.8 Å². The van der Waals surface area contributed by atoms with Crippen molar-refractivity contribution in [1.82, 2.24) is 15.5 Å². The van der Waals surface area contributed by atoms with Gasteiger partial charge in [-0.05, 0) is 26.2 Å². The van der Waals surface area contributed by atoms with Crippen LogP contribution in [0.5, 0.6) is 0 Å². The van der Waals surface area contributed by atoms with E-state index >= 15 is 0 Å². The van der Waals surface area contributed by atoms with Gasteiger partial charge in [0.25, 0.3) is 5.69 Å². The molecule has 1 aromatic carbocycles. The number of likely N-dealkylation sites (tertiary alicyclic amines) is 1. The molecule has 0 radical (unpaired) electrons. The summed E-state index contributed by atoms with van der Waals surface area (Å²) in [6, 6.07) is 6.80. The molecule has 8 heteroatoms. The molecular formula is C20H29N5O3. The number of para-hydroxylation sites is 1. The molecular weight excluding hydrogens is 358 g/mol. The number of amides is 1. The Labute approximate surface area is 165 Å². The molecule has 1 aliphatic carbocycles. The van der Waals surface area contributed by atoms with E-state index in [-0.39, 0.29) is 29.1 Å². The van der Waals surface area contributed by atoms with Gasteiger partial charge >= 0.3 is 0 Å². The monoisotopic (exact) mass is 387 g/mol. The van der Waals surface area contributed by atoms with Gasteiger partial charge in [0.05, 0.1) is 17.0 Å². The van der Waals surface area contributed by atoms with Crippen LogP contribution >= 0.6 is 0 Å². The first-order valence-corrected chi connectivity index (χ1v) is 10.1. The lowest BCUT2D eigenvalue weighted by Gasteiger charge is -2.21. The molecule has 8 nitrogen and oxygen atoms in total. The standard InChI is InChI=1S/C20H29N5O3/c1-2-21-20(22-13-16-9-5-6-10-18(16)25(27)28)23-17-11-12-24(14-17)19(26)15-7-3-4-8-15/h5-6,9-10,15,17H,2-4,7-8,11-14H2,1H3,(H2,21,22,23). The van der Waals surface area contributed by atoms with Crippen LogP contribution in [0.3, 0.4) is 0 Å². The summed E-state index contributed by atoms with van der Waals surface area (Å²) in [6.07, 6.45) is 5.25. The number of aliphatic imine (C=N–C) groups is 1. The zero-order valence-corrected chi connectivity index (χ0v) is 16.4. The summed E-state index contributed by atoms with van der Waals surface area (Å²) in [5, 5.41) is 17.7. The first-order valence-electron chi connectivity index (χ1n) is 10.1. The lowest BCUT2D eigenvalue weighted by Crippen LogP contribution is -2.45. The van der Waals surface area contributed by atoms with Gasteiger partial charge in [-0.1, -0.05) is 31.0 Å². The summed E-state index contributed by atoms with van der Waals surface area (Å²) in [4.78, 5) is 29.9. The summed E-state index contributed by atoms with van der Waals surface area (Å²) in [7, 11) is 0. The van der Waals surface area contributed by atoms with Crippen molar-refractivity contribution in [1.29, 1.82) is 0 Å². The maximum absolute atomic E-state index is 12.6. The van der Waals surface area contributed by atoms with Crippen LogP contribution in [0.1, 0.15) is 44.6 Å². The second-order valence-corrected chi connectivity index (χ2v) is 7.48. The predicted molar refractivity (Wildman–Crippen MR) is 108 cm³/mol. The third kappa shape index (κ3) is 4.99. The zero-order chi connectivity index (χ0) is 19.9. The maximum Gasteiger partial charge on any atom is 0.274 e. The molecule has 1 aliphatic heterocycles. The lowest BCUT2D eigenvalue weighted by molar-refractivity contribution is -0.385. The van der Waals surface area contributed by atoms with Gasteiger partial charge in [-0.25, -0.2) is 4.99 Å². The number of carbonyl (C=O) groups excluding carboxylic acids is 1. The highest BCUT2D eigenvalue weighted by molar-refractivity contribution is 5.81. The minimum Gasteiger partial charge on any atom is -0.357 e. The quantitative estimate of drug-likeness (QED) is 0.338. The minimum atomic E-state index is -0.380. The summed E-state index contributed by atoms with van der Waals surface area (Å²) in [5.74, 6) is 1.13. The fraction of sp³-hybridized carbons (Fsp3) is 0.600. The molecule has 3 rings (SSSR count). The molecule has 2 N–H and O–H groups in total. The summed E-state index contributed by atoms with van der Waals surface area (Å²) in [5.41, 5.74) is 0.658. The average molecular weight is 387 g/mol. The van der Waals surface area contributed by atoms with E-state index in [1.165, 1.54) is 6.07 Å². The van der Waals surface area contributed by atoms with Gasteiger partial charge < -0.3 is 15.5 Å². The van der Waals surface area contributed by atoms with Crippen molar-refractivity contribution in [2.45, 2.75) is 51.6 Å². The second kappa shape index (κ2) is 9.52. The van der Waals surface area contributed by atoms with E-state index in [0.717, 1.165) is 38.6 Å². The molecule has 1 saturated carbocycles. The number of nitrogens with one attached hydrogen (secondary N) is 2. The van der Waals surface area contributed by atoms with Crippen molar-refractivity contribution in [3.8, 4) is 0 Å². The molecule has 1 heterocycles. The van der Waals surface area contributed by atoms with Gasteiger partial charge in [0, 0.05) is 37.7 Å². The Bertz CT molecular complexity index is 730. The van der Waals surface area contributed by atoms with Crippen LogP contribution in [-0.2, 0) is 11.3 Å². The number of hydrogen-bond acceptors (Lipinski definition) is 4. The number of nitro groups is 1. The molecule has 28 heavy (non-hydrogen) atoms. The van der Waals surface area contributed by atoms with Crippen LogP contribution in [0.4, 0.5) is 5.69 Å². The number of hydrogen-bond donors (Lipinski definition) is 2. The van der Waals surface area contributed by atoms with E-state index < -0.39 is 0 Å². The predicted octanol–water partition coefficient (Wildman–Crippen LogP) is 2.44. The Hall–Kier alpha value is -2.64. The summed E-state index contributed by atoms with van der Waals surface area (Å²) in [6.45, 7) is 4.36. The van der Waals surface area contributed by atoms with Crippen LogP contribution in [-0.4, -0.2) is 47.4 Å². The lowest BCUT2D eigenvalue weighted by atomic mass is 10.1. The fourth-order valence-corrected chi connectivity index (χ4v) is 4.01. The molecule has 1 aromatic rings. The van der Waals surface area contributed by atoms with Crippen molar-refractivity contribution in [3.63, 3.8) is 0 Å². The van der Waals surface area contributed by atoms with Crippen molar-refractivity contribution in [2.24, 2.45) is 10.9 Å². The smallest absolute Gasteiger partial charge is 0.274 e. The normalized spacial score (nSPS) is 20.4. The van der Waals surface area contributed by atoms with E-state index in [4.69, 9.17) is 0 Å². The number of guanidine groups is 1. The summed E-state index contributed by atoms with van der Waals surface area (Å²) < 4.78 is 0. The Morgan fingerprint density at radius 3 is 2.75 bits per heavy atom. The molecule has 2 aliphatic rings. The first kappa shape index (κ1) is 20.1. The van der Waals surface area contributed by atoms with E-state index in [1.54, 1.807) is 18.2 Å². The van der Waals surface area contributed by atoms with Crippen molar-refractivity contribution >= 4 is 17.6 Å². The molecule has 1 atom stereocenters. The first-order chi connectivity index (χ1) is 13.6. The van der Waals surface area contributed by atoms with E-state index in [0.29, 0.717) is 30.5 Å². The van der Waals surface area contributed by atoms with Gasteiger partial charge in [0.15, 0.2) is 5.96 Å². The maximum atomic E-state index is 12.6. The highest BCUT2D eigenvalue weighted by Gasteiger charge is 2.32. The van der Waals surface area contributed by atoms with Crippen LogP contribution in [0, 0.1) is 16.0 Å². The zero-order valence-electron chi connectivity index (χ0n) is 16.4. The van der Waals surface area contributed by atoms with E-state index in [2.05, 4.69) is 15.6 Å². The molecule has 0 bridgehead atoms. The van der Waals surface area contributed by atoms with Gasteiger partial charge in [0.2, 0.25) is 5.91 Å². The molecule has 1 unspecified atom stereocenters. The van der Waals surface area contributed by atoms with Crippen molar-refractivity contribution in [3.05, 3.63) is 39.9 Å². The molecule has 152 valence electrons. The fourth-order valence-electron chi connectivity index (χ4n) is 4.01. The van der Waals surface area contributed by atoms with Crippen molar-refractivity contribution < 1.29 is 9.72 Å². The Morgan fingerprint density at radius 1 is 1.29 bits per heavy atom. The molecule has 0 spiro atoms. The second-order valence-electron chi connectivity index (χ2n) is 7.48. The Balaban J connectivity index is 1.59. The molecule has 0 aromatic heterocycles. The third-order valence-corrected chi connectivity index (χ3v) is 5.49. The number of nitro benzene ring substituents is 1. The van der Waals surface area contributed by atoms with Crippen LogP contribution in [0.15, 0.2) is 29.3 Å². The Morgan fingerprint density at radius 2 is 2.04 bits per heavy atom. The average Bonchev–Trinajstić information content (AvgIpc) is 3.38. The number of nitrogens with zero attached hydrogens (tertiary/aromatic N) is 3. The Kier molecular flexibility index (Phi) is 6.84. The van der Waals surface area contributed by atoms with Crippen LogP contribution in [0.2, 0.25) is 0 Å². The largest absolute Gasteiger partial charge is 0.357 e. The SMILES string of the molecule is CCNC(=NCc1ccccc1[N+](=O)[O-])NC1CCN(C(=O)C2CCCC2)C1. The highest BCUT2D eigenvalue weighted by atomic mass is 16.6. The van der Waals surface area contributed by atoms with E-state index in [9.17, 15) is 14.9 Å². The topological polar surface area (TPSA) is 99.9 Å². The van der Waals surface area contributed by atoms with Gasteiger partial charge in [-0.15, -0.1) is 0 Å². The van der Waals surface area contributed by atoms with Gasteiger partial charge in [-0.2, -0.15) is 0 Å². The summed E-state index contributed by atoms with van der Waals surface area (Å²) >= 11 is 0. The third-order valence-electron chi connectivity index (χ3n) is 5.49. The van der Waals surface area contributed by atoms with Gasteiger partial charge in [0.1, 0.15) is 0 Å². The molecule has 1 saturated heterocycles. The number of rotatable bonds is 6. The van der Waals surface area contributed by atoms with Gasteiger partial charge in [-0.3, -0.25) is 14.9 Å². The number of benzene rings is 1. The van der Waals surface area contributed by atoms with Crippen LogP contribution < -0.4 is 10.6 Å². The molecule has 2 fully saturated rings. The number of carbonyl (C=O) groups is 1. The highest BCUT2D eigenvalue weighted by Crippen LogP contribution is 2.27.